The average molecular weight is 943 g/mol. The second-order valence-corrected chi connectivity index (χ2v) is 20.5. The van der Waals surface area contributed by atoms with E-state index in [9.17, 15) is 19.8 Å². The molecular weight excluding hydrogens is 827 g/mol. The molecule has 3 atom stereocenters. The molecule has 394 valence electrons. The zero-order chi connectivity index (χ0) is 48.8. The van der Waals surface area contributed by atoms with E-state index in [0.29, 0.717) is 19.3 Å². The second kappa shape index (κ2) is 55.0. The van der Waals surface area contributed by atoms with Crippen molar-refractivity contribution >= 4 is 11.9 Å². The van der Waals surface area contributed by atoms with Crippen LogP contribution in [0, 0.1) is 0 Å². The van der Waals surface area contributed by atoms with Crippen LogP contribution in [-0.2, 0) is 14.3 Å². The summed E-state index contributed by atoms with van der Waals surface area (Å²) in [6, 6.07) is -0.704. The molecule has 0 aliphatic carbocycles. The first-order chi connectivity index (χ1) is 33.0. The maximum absolute atomic E-state index is 13.3. The highest BCUT2D eigenvalue weighted by molar-refractivity contribution is 5.77. The molecule has 0 saturated carbocycles. The third kappa shape index (κ3) is 50.3. The van der Waals surface area contributed by atoms with Crippen LogP contribution in [0.1, 0.15) is 316 Å². The van der Waals surface area contributed by atoms with Gasteiger partial charge in [-0.05, 0) is 51.4 Å². The van der Waals surface area contributed by atoms with Crippen LogP contribution in [0.2, 0.25) is 0 Å². The monoisotopic (exact) mass is 942 g/mol. The van der Waals surface area contributed by atoms with Gasteiger partial charge in [-0.3, -0.25) is 9.59 Å². The number of unbranched alkanes of at least 4 members (excludes halogenated alkanes) is 38. The van der Waals surface area contributed by atoms with Gasteiger partial charge in [0.1, 0.15) is 6.10 Å². The first-order valence-corrected chi connectivity index (χ1v) is 29.7. The molecule has 0 aromatic heterocycles. The van der Waals surface area contributed by atoms with Gasteiger partial charge in [0.15, 0.2) is 0 Å². The zero-order valence-electron chi connectivity index (χ0n) is 45.0. The Balaban J connectivity index is 4.51. The lowest BCUT2D eigenvalue weighted by molar-refractivity contribution is -0.151. The molecule has 0 heterocycles. The number of allylic oxidation sites excluding steroid dienone is 6. The van der Waals surface area contributed by atoms with E-state index >= 15 is 0 Å². The highest BCUT2D eigenvalue weighted by atomic mass is 16.5. The van der Waals surface area contributed by atoms with Gasteiger partial charge in [-0.25, -0.2) is 0 Å². The summed E-state index contributed by atoms with van der Waals surface area (Å²) in [6.45, 7) is 6.50. The molecule has 0 saturated heterocycles. The summed E-state index contributed by atoms with van der Waals surface area (Å²) in [5.41, 5.74) is 0. The summed E-state index contributed by atoms with van der Waals surface area (Å²) >= 11 is 0. The molecule has 6 nitrogen and oxygen atoms in total. The van der Waals surface area contributed by atoms with Crippen molar-refractivity contribution in [2.24, 2.45) is 0 Å². The van der Waals surface area contributed by atoms with Gasteiger partial charge in [-0.2, -0.15) is 0 Å². The topological polar surface area (TPSA) is 95.9 Å². The molecule has 0 aliphatic rings. The van der Waals surface area contributed by atoms with Gasteiger partial charge in [0, 0.05) is 6.42 Å². The van der Waals surface area contributed by atoms with Crippen molar-refractivity contribution < 1.29 is 24.5 Å². The maximum atomic E-state index is 13.3. The number of carbonyl (C=O) groups excluding carboxylic acids is 2. The Morgan fingerprint density at radius 2 is 0.761 bits per heavy atom. The lowest BCUT2D eigenvalue weighted by Gasteiger charge is -2.24. The summed E-state index contributed by atoms with van der Waals surface area (Å²) in [5, 5.41) is 23.9. The molecule has 0 aromatic rings. The largest absolute Gasteiger partial charge is 0.462 e. The van der Waals surface area contributed by atoms with Gasteiger partial charge in [0.05, 0.1) is 25.2 Å². The van der Waals surface area contributed by atoms with Crippen LogP contribution in [0.25, 0.3) is 0 Å². The van der Waals surface area contributed by atoms with Crippen molar-refractivity contribution in [1.82, 2.24) is 5.32 Å². The summed E-state index contributed by atoms with van der Waals surface area (Å²) < 4.78 is 5.96. The molecule has 6 heteroatoms. The van der Waals surface area contributed by atoms with Gasteiger partial charge >= 0.3 is 5.97 Å². The number of rotatable bonds is 54. The fourth-order valence-electron chi connectivity index (χ4n) is 9.26. The number of nitrogens with one attached hydrogen (secondary N) is 1. The quantitative estimate of drug-likeness (QED) is 0.0321. The predicted molar refractivity (Wildman–Crippen MR) is 292 cm³/mol. The molecule has 0 rings (SSSR count). The Morgan fingerprint density at radius 3 is 1.13 bits per heavy atom. The minimum Gasteiger partial charge on any atom is -0.462 e. The van der Waals surface area contributed by atoms with Crippen molar-refractivity contribution in [1.29, 1.82) is 0 Å². The summed E-state index contributed by atoms with van der Waals surface area (Å²) in [7, 11) is 0. The van der Waals surface area contributed by atoms with Gasteiger partial charge < -0.3 is 20.3 Å². The van der Waals surface area contributed by atoms with Gasteiger partial charge in [-0.15, -0.1) is 0 Å². The number of hydrogen-bond acceptors (Lipinski definition) is 5. The summed E-state index contributed by atoms with van der Waals surface area (Å²) in [6.07, 6.45) is 66.4. The Kier molecular flexibility index (Phi) is 53.4. The summed E-state index contributed by atoms with van der Waals surface area (Å²) in [4.78, 5) is 26.3. The molecule has 3 unspecified atom stereocenters. The van der Waals surface area contributed by atoms with E-state index in [0.717, 1.165) is 64.2 Å². The third-order valence-corrected chi connectivity index (χ3v) is 13.8. The number of aliphatic hydroxyl groups is 2. The third-order valence-electron chi connectivity index (χ3n) is 13.8. The van der Waals surface area contributed by atoms with Crippen LogP contribution in [0.15, 0.2) is 36.5 Å². The van der Waals surface area contributed by atoms with E-state index in [-0.39, 0.29) is 24.9 Å². The van der Waals surface area contributed by atoms with Crippen LogP contribution < -0.4 is 5.32 Å². The molecular formula is C61H115NO5. The first kappa shape index (κ1) is 65.1. The number of aliphatic hydroxyl groups excluding tert-OH is 2. The lowest BCUT2D eigenvalue weighted by Crippen LogP contribution is -2.46. The normalized spacial score (nSPS) is 13.3. The SMILES string of the molecule is CCCCCCC/C=C/C=C/C=C/CCCCCCCC(=O)OC(CCCCCCCCCCCCCCC)CC(=O)NC(CO)C(O)CCCCCCCCCCCCCCCCCCC. The molecule has 0 aliphatic heterocycles. The van der Waals surface area contributed by atoms with E-state index in [4.69, 9.17) is 4.74 Å². The second-order valence-electron chi connectivity index (χ2n) is 20.5. The summed E-state index contributed by atoms with van der Waals surface area (Å²) in [5.74, 6) is -0.479. The number of ether oxygens (including phenoxy) is 1. The number of esters is 1. The fraction of sp³-hybridized carbons (Fsp3) is 0.869. The van der Waals surface area contributed by atoms with E-state index in [1.54, 1.807) is 0 Å². The predicted octanol–water partition coefficient (Wildman–Crippen LogP) is 18.4. The Labute approximate surface area is 417 Å². The van der Waals surface area contributed by atoms with E-state index in [2.05, 4.69) is 62.5 Å². The Bertz CT molecular complexity index is 1100. The van der Waals surface area contributed by atoms with Crippen molar-refractivity contribution in [2.45, 2.75) is 334 Å². The maximum Gasteiger partial charge on any atom is 0.306 e. The standard InChI is InChI=1S/C61H115NO5/c1-4-7-10-13-16-19-22-25-27-29-31-33-36-39-42-45-48-51-54-61(66)67-57(52-49-46-43-40-37-34-24-21-18-15-12-9-6-3)55-60(65)62-58(56-63)59(64)53-50-47-44-41-38-35-32-30-28-26-23-20-17-14-11-8-5-2/h22,25,27,29,31,33,57-59,63-64H,4-21,23-24,26,28,30,32,34-56H2,1-3H3,(H,62,65)/b25-22+,29-27+,33-31+. The molecule has 1 amide bonds. The van der Waals surface area contributed by atoms with Crippen LogP contribution in [0.3, 0.4) is 0 Å². The molecule has 67 heavy (non-hydrogen) atoms. The van der Waals surface area contributed by atoms with Gasteiger partial charge in [0.2, 0.25) is 5.91 Å². The lowest BCUT2D eigenvalue weighted by atomic mass is 10.0. The van der Waals surface area contributed by atoms with Crippen molar-refractivity contribution in [3.63, 3.8) is 0 Å². The highest BCUT2D eigenvalue weighted by Gasteiger charge is 2.24. The minimum absolute atomic E-state index is 0.0739. The Hall–Kier alpha value is -1.92. The van der Waals surface area contributed by atoms with Gasteiger partial charge in [-0.1, -0.05) is 288 Å². The molecule has 0 aromatic carbocycles. The molecule has 0 fully saturated rings. The Morgan fingerprint density at radius 1 is 0.433 bits per heavy atom. The number of amides is 1. The zero-order valence-corrected chi connectivity index (χ0v) is 45.0. The number of hydrogen-bond donors (Lipinski definition) is 3. The number of carbonyl (C=O) groups is 2. The molecule has 0 spiro atoms. The van der Waals surface area contributed by atoms with E-state index in [1.165, 1.54) is 205 Å². The minimum atomic E-state index is -0.790. The van der Waals surface area contributed by atoms with Crippen molar-refractivity contribution in [3.05, 3.63) is 36.5 Å². The fourth-order valence-corrected chi connectivity index (χ4v) is 9.26. The van der Waals surface area contributed by atoms with Crippen molar-refractivity contribution in [2.75, 3.05) is 6.61 Å². The molecule has 3 N–H and O–H groups in total. The van der Waals surface area contributed by atoms with Crippen molar-refractivity contribution in [3.8, 4) is 0 Å². The smallest absolute Gasteiger partial charge is 0.306 e. The van der Waals surface area contributed by atoms with E-state index < -0.39 is 18.2 Å². The van der Waals surface area contributed by atoms with E-state index in [1.807, 2.05) is 0 Å². The highest BCUT2D eigenvalue weighted by Crippen LogP contribution is 2.19. The molecule has 0 bridgehead atoms. The van der Waals surface area contributed by atoms with Crippen LogP contribution in [0.4, 0.5) is 0 Å². The van der Waals surface area contributed by atoms with Gasteiger partial charge in [0.25, 0.3) is 0 Å². The first-order valence-electron chi connectivity index (χ1n) is 29.7. The molecule has 0 radical (unpaired) electrons. The van der Waals surface area contributed by atoms with Crippen LogP contribution in [-0.4, -0.2) is 46.9 Å². The van der Waals surface area contributed by atoms with Crippen LogP contribution >= 0.6 is 0 Å². The average Bonchev–Trinajstić information content (AvgIpc) is 3.32. The van der Waals surface area contributed by atoms with Crippen LogP contribution in [0.5, 0.6) is 0 Å².